The minimum atomic E-state index is -0.925. The summed E-state index contributed by atoms with van der Waals surface area (Å²) >= 11 is 0. The van der Waals surface area contributed by atoms with Gasteiger partial charge in [0, 0.05) is 18.3 Å². The van der Waals surface area contributed by atoms with E-state index in [1.807, 2.05) is 0 Å². The van der Waals surface area contributed by atoms with Crippen molar-refractivity contribution >= 4 is 5.97 Å². The summed E-state index contributed by atoms with van der Waals surface area (Å²) in [7, 11) is 0. The van der Waals surface area contributed by atoms with E-state index in [1.54, 1.807) is 18.2 Å². The first kappa shape index (κ1) is 11.3. The van der Waals surface area contributed by atoms with Crippen molar-refractivity contribution in [1.82, 2.24) is 9.97 Å². The van der Waals surface area contributed by atoms with Gasteiger partial charge in [-0.05, 0) is 11.6 Å². The van der Waals surface area contributed by atoms with Crippen LogP contribution < -0.4 is 0 Å². The smallest absolute Gasteiger partial charge is 0.309 e. The third-order valence-electron chi connectivity index (χ3n) is 2.34. The molecule has 5 heteroatoms. The lowest BCUT2D eigenvalue weighted by Gasteiger charge is -1.99. The van der Waals surface area contributed by atoms with Crippen molar-refractivity contribution < 1.29 is 14.3 Å². The molecule has 1 heterocycles. The summed E-state index contributed by atoms with van der Waals surface area (Å²) in [4.78, 5) is 17.4. The van der Waals surface area contributed by atoms with Gasteiger partial charge in [0.15, 0.2) is 0 Å². The van der Waals surface area contributed by atoms with Crippen molar-refractivity contribution in [3.05, 3.63) is 53.4 Å². The second kappa shape index (κ2) is 4.78. The highest BCUT2D eigenvalue weighted by molar-refractivity contribution is 5.69. The van der Waals surface area contributed by atoms with Gasteiger partial charge in [0.05, 0.1) is 6.42 Å². The Balaban J connectivity index is 2.12. The largest absolute Gasteiger partial charge is 0.481 e. The predicted molar refractivity (Wildman–Crippen MR) is 59.1 cm³/mol. The number of aromatic amines is 1. The number of benzene rings is 1. The Labute approximate surface area is 97.1 Å². The van der Waals surface area contributed by atoms with Crippen LogP contribution in [0.2, 0.25) is 0 Å². The highest BCUT2D eigenvalue weighted by atomic mass is 19.1. The van der Waals surface area contributed by atoms with Gasteiger partial charge in [0.25, 0.3) is 0 Å². The number of aliphatic carboxylic acids is 1. The standard InChI is InChI=1S/C12H11FN2O2/c13-10-4-2-1-3-8(10)5-11-14-7-9(15-11)6-12(16)17/h1-4,7H,5-6H2,(H,14,15)(H,16,17). The van der Waals surface area contributed by atoms with Crippen LogP contribution in [0.4, 0.5) is 4.39 Å². The predicted octanol–water partition coefficient (Wildman–Crippen LogP) is 1.77. The molecular formula is C12H11FN2O2. The fourth-order valence-electron chi connectivity index (χ4n) is 1.57. The molecule has 0 saturated heterocycles. The van der Waals surface area contributed by atoms with Gasteiger partial charge in [0.1, 0.15) is 11.6 Å². The van der Waals surface area contributed by atoms with E-state index >= 15 is 0 Å². The minimum absolute atomic E-state index is 0.107. The van der Waals surface area contributed by atoms with Crippen LogP contribution in [0.1, 0.15) is 17.1 Å². The molecule has 1 aromatic carbocycles. The minimum Gasteiger partial charge on any atom is -0.481 e. The second-order valence-corrected chi connectivity index (χ2v) is 3.69. The van der Waals surface area contributed by atoms with Crippen LogP contribution in [0.15, 0.2) is 30.5 Å². The summed E-state index contributed by atoms with van der Waals surface area (Å²) < 4.78 is 13.4. The van der Waals surface area contributed by atoms with Gasteiger partial charge in [-0.2, -0.15) is 0 Å². The van der Waals surface area contributed by atoms with E-state index in [4.69, 9.17) is 5.11 Å². The fourth-order valence-corrected chi connectivity index (χ4v) is 1.57. The monoisotopic (exact) mass is 234 g/mol. The SMILES string of the molecule is O=C(O)Cc1cnc(Cc2ccccc2F)[nH]1. The van der Waals surface area contributed by atoms with E-state index < -0.39 is 5.97 Å². The van der Waals surface area contributed by atoms with Crippen LogP contribution in [-0.2, 0) is 17.6 Å². The number of imidazole rings is 1. The molecule has 0 bridgehead atoms. The summed E-state index contributed by atoms with van der Waals surface area (Å²) in [6.07, 6.45) is 1.68. The van der Waals surface area contributed by atoms with Crippen molar-refractivity contribution in [3.63, 3.8) is 0 Å². The molecule has 2 rings (SSSR count). The number of nitrogens with zero attached hydrogens (tertiary/aromatic N) is 1. The summed E-state index contributed by atoms with van der Waals surface area (Å²) in [6.45, 7) is 0. The Kier molecular flexibility index (Phi) is 3.18. The highest BCUT2D eigenvalue weighted by Gasteiger charge is 2.07. The first-order chi connectivity index (χ1) is 8.15. The number of carboxylic acid groups (broad SMARTS) is 1. The molecule has 0 fully saturated rings. The van der Waals surface area contributed by atoms with Gasteiger partial charge in [-0.15, -0.1) is 0 Å². The molecule has 1 aromatic heterocycles. The molecule has 0 aliphatic heterocycles. The molecule has 0 aliphatic rings. The van der Waals surface area contributed by atoms with E-state index in [-0.39, 0.29) is 12.2 Å². The lowest BCUT2D eigenvalue weighted by Crippen LogP contribution is -2.00. The number of carbonyl (C=O) groups is 1. The molecule has 0 saturated carbocycles. The van der Waals surface area contributed by atoms with Gasteiger partial charge < -0.3 is 10.1 Å². The quantitative estimate of drug-likeness (QED) is 0.847. The number of hydrogen-bond acceptors (Lipinski definition) is 2. The molecule has 0 radical (unpaired) electrons. The molecule has 0 atom stereocenters. The first-order valence-electron chi connectivity index (χ1n) is 5.13. The number of carboxylic acids is 1. The molecular weight excluding hydrogens is 223 g/mol. The molecule has 2 N–H and O–H groups in total. The topological polar surface area (TPSA) is 66.0 Å². The molecule has 0 spiro atoms. The Hall–Kier alpha value is -2.17. The highest BCUT2D eigenvalue weighted by Crippen LogP contribution is 2.11. The van der Waals surface area contributed by atoms with Crippen LogP contribution in [-0.4, -0.2) is 21.0 Å². The van der Waals surface area contributed by atoms with Gasteiger partial charge in [0.2, 0.25) is 0 Å². The average molecular weight is 234 g/mol. The van der Waals surface area contributed by atoms with Gasteiger partial charge >= 0.3 is 5.97 Å². The summed E-state index contributed by atoms with van der Waals surface area (Å²) in [5.74, 6) is -0.652. The van der Waals surface area contributed by atoms with Crippen LogP contribution in [0, 0.1) is 5.82 Å². The van der Waals surface area contributed by atoms with Gasteiger partial charge in [-0.3, -0.25) is 4.79 Å². The lowest BCUT2D eigenvalue weighted by atomic mass is 10.1. The zero-order valence-electron chi connectivity index (χ0n) is 8.98. The van der Waals surface area contributed by atoms with Crippen LogP contribution in [0.3, 0.4) is 0 Å². The van der Waals surface area contributed by atoms with Gasteiger partial charge in [-0.1, -0.05) is 18.2 Å². The molecule has 0 unspecified atom stereocenters. The number of rotatable bonds is 4. The maximum absolute atomic E-state index is 13.4. The third kappa shape index (κ3) is 2.90. The van der Waals surface area contributed by atoms with Crippen molar-refractivity contribution in [2.45, 2.75) is 12.8 Å². The Morgan fingerprint density at radius 3 is 2.88 bits per heavy atom. The number of halogens is 1. The molecule has 0 amide bonds. The molecule has 17 heavy (non-hydrogen) atoms. The number of aromatic nitrogens is 2. The molecule has 0 aliphatic carbocycles. The lowest BCUT2D eigenvalue weighted by molar-refractivity contribution is -0.136. The maximum Gasteiger partial charge on any atom is 0.309 e. The summed E-state index contributed by atoms with van der Waals surface area (Å²) in [6, 6.07) is 6.43. The van der Waals surface area contributed by atoms with Crippen molar-refractivity contribution in [2.75, 3.05) is 0 Å². The van der Waals surface area contributed by atoms with Crippen LogP contribution in [0.25, 0.3) is 0 Å². The van der Waals surface area contributed by atoms with Crippen molar-refractivity contribution in [1.29, 1.82) is 0 Å². The Bertz CT molecular complexity index is 537. The van der Waals surface area contributed by atoms with E-state index in [0.717, 1.165) is 0 Å². The van der Waals surface area contributed by atoms with Crippen molar-refractivity contribution in [2.24, 2.45) is 0 Å². The van der Waals surface area contributed by atoms with Gasteiger partial charge in [-0.25, -0.2) is 9.37 Å². The average Bonchev–Trinajstić information content (AvgIpc) is 2.68. The van der Waals surface area contributed by atoms with E-state index in [9.17, 15) is 9.18 Å². The zero-order valence-corrected chi connectivity index (χ0v) is 8.98. The molecule has 88 valence electrons. The van der Waals surface area contributed by atoms with E-state index in [0.29, 0.717) is 23.5 Å². The number of nitrogens with one attached hydrogen (secondary N) is 1. The number of H-pyrrole nitrogens is 1. The van der Waals surface area contributed by atoms with Crippen LogP contribution >= 0.6 is 0 Å². The fraction of sp³-hybridized carbons (Fsp3) is 0.167. The first-order valence-corrected chi connectivity index (χ1v) is 5.13. The molecule has 4 nitrogen and oxygen atoms in total. The van der Waals surface area contributed by atoms with E-state index in [2.05, 4.69) is 9.97 Å². The Morgan fingerprint density at radius 2 is 2.18 bits per heavy atom. The van der Waals surface area contributed by atoms with E-state index in [1.165, 1.54) is 12.3 Å². The van der Waals surface area contributed by atoms with Crippen molar-refractivity contribution in [3.8, 4) is 0 Å². The Morgan fingerprint density at radius 1 is 1.41 bits per heavy atom. The van der Waals surface area contributed by atoms with Crippen LogP contribution in [0.5, 0.6) is 0 Å². The third-order valence-corrected chi connectivity index (χ3v) is 2.34. The maximum atomic E-state index is 13.4. The molecule has 2 aromatic rings. The zero-order chi connectivity index (χ0) is 12.3. The normalized spacial score (nSPS) is 10.4. The summed E-state index contributed by atoms with van der Waals surface area (Å²) in [5.41, 5.74) is 1.05. The summed E-state index contributed by atoms with van der Waals surface area (Å²) in [5, 5.41) is 8.60. The number of hydrogen-bond donors (Lipinski definition) is 2. The second-order valence-electron chi connectivity index (χ2n) is 3.69.